The molecule has 0 radical (unpaired) electrons. The lowest BCUT2D eigenvalue weighted by Gasteiger charge is -2.16. The first kappa shape index (κ1) is 13.7. The highest BCUT2D eigenvalue weighted by atomic mass is 35.5. The lowest BCUT2D eigenvalue weighted by molar-refractivity contribution is 0.161. The van der Waals surface area contributed by atoms with E-state index >= 15 is 0 Å². The minimum atomic E-state index is -0.736. The summed E-state index contributed by atoms with van der Waals surface area (Å²) in [5.41, 5.74) is 0.590. The molecule has 0 saturated heterocycles. The maximum absolute atomic E-state index is 9.88. The minimum absolute atomic E-state index is 0.0238. The Morgan fingerprint density at radius 1 is 1.38 bits per heavy atom. The van der Waals surface area contributed by atoms with E-state index in [1.165, 1.54) is 0 Å². The molecule has 2 atom stereocenters. The Morgan fingerprint density at radius 3 is 2.69 bits per heavy atom. The van der Waals surface area contributed by atoms with E-state index < -0.39 is 6.10 Å². The van der Waals surface area contributed by atoms with Gasteiger partial charge in [0.15, 0.2) is 0 Å². The molecule has 1 aromatic rings. The summed E-state index contributed by atoms with van der Waals surface area (Å²) in [4.78, 5) is 0. The fraction of sp³-hybridized carbons (Fsp3) is 0.455. The number of aliphatic hydroxyl groups excluding tert-OH is 2. The summed E-state index contributed by atoms with van der Waals surface area (Å²) in [6.45, 7) is 2.17. The van der Waals surface area contributed by atoms with E-state index in [4.69, 9.17) is 28.3 Å². The number of benzene rings is 1. The van der Waals surface area contributed by atoms with Crippen LogP contribution in [0.3, 0.4) is 0 Å². The first-order valence-corrected chi connectivity index (χ1v) is 5.77. The second kappa shape index (κ2) is 6.42. The molecular formula is C11H15Cl2NO2. The van der Waals surface area contributed by atoms with Crippen LogP contribution in [-0.2, 0) is 0 Å². The molecule has 0 heterocycles. The van der Waals surface area contributed by atoms with Gasteiger partial charge in [-0.05, 0) is 25.1 Å². The Morgan fingerprint density at radius 2 is 2.06 bits per heavy atom. The van der Waals surface area contributed by atoms with Gasteiger partial charge in [0, 0.05) is 28.2 Å². The van der Waals surface area contributed by atoms with Crippen molar-refractivity contribution in [3.05, 3.63) is 33.8 Å². The van der Waals surface area contributed by atoms with Crippen LogP contribution in [0, 0.1) is 0 Å². The molecule has 0 spiro atoms. The van der Waals surface area contributed by atoms with Crippen molar-refractivity contribution < 1.29 is 10.2 Å². The Balaban J connectivity index is 2.65. The minimum Gasteiger partial charge on any atom is -0.395 e. The third-order valence-corrected chi connectivity index (χ3v) is 2.83. The Labute approximate surface area is 105 Å². The summed E-state index contributed by atoms with van der Waals surface area (Å²) >= 11 is 11.8. The lowest BCUT2D eigenvalue weighted by Crippen LogP contribution is -2.33. The van der Waals surface area contributed by atoms with Crippen molar-refractivity contribution in [2.75, 3.05) is 13.2 Å². The van der Waals surface area contributed by atoms with Crippen LogP contribution in [0.1, 0.15) is 18.6 Å². The molecule has 0 aliphatic rings. The number of hydrogen-bond donors (Lipinski definition) is 3. The Kier molecular flexibility index (Phi) is 5.52. The van der Waals surface area contributed by atoms with Gasteiger partial charge in [-0.15, -0.1) is 0 Å². The largest absolute Gasteiger partial charge is 0.395 e. The third kappa shape index (κ3) is 3.92. The molecule has 0 aliphatic heterocycles. The number of hydrogen-bond acceptors (Lipinski definition) is 3. The van der Waals surface area contributed by atoms with Gasteiger partial charge >= 0.3 is 0 Å². The molecule has 0 aliphatic carbocycles. The molecule has 0 saturated carbocycles. The van der Waals surface area contributed by atoms with E-state index in [1.807, 2.05) is 6.92 Å². The van der Waals surface area contributed by atoms with Gasteiger partial charge in [0.2, 0.25) is 0 Å². The number of nitrogens with one attached hydrogen (secondary N) is 1. The van der Waals surface area contributed by atoms with Gasteiger partial charge in [0.05, 0.1) is 12.7 Å². The van der Waals surface area contributed by atoms with Gasteiger partial charge in [-0.25, -0.2) is 0 Å². The van der Waals surface area contributed by atoms with Crippen LogP contribution in [0.15, 0.2) is 18.2 Å². The van der Waals surface area contributed by atoms with E-state index in [0.717, 1.165) is 0 Å². The van der Waals surface area contributed by atoms with Crippen LogP contribution in [0.4, 0.5) is 0 Å². The fourth-order valence-corrected chi connectivity index (χ4v) is 1.68. The molecule has 1 rings (SSSR count). The topological polar surface area (TPSA) is 52.5 Å². The van der Waals surface area contributed by atoms with Crippen molar-refractivity contribution in [2.45, 2.75) is 19.1 Å². The molecule has 90 valence electrons. The van der Waals surface area contributed by atoms with E-state index in [-0.39, 0.29) is 12.6 Å². The number of rotatable bonds is 5. The predicted octanol–water partition coefficient (Wildman–Crippen LogP) is 2.00. The van der Waals surface area contributed by atoms with Gasteiger partial charge in [-0.3, -0.25) is 0 Å². The standard InChI is InChI=1S/C11H15Cl2NO2/c1-7(6-15)14-5-11(16)9-4-8(12)2-3-10(9)13/h2-4,7,11,14-16H,5-6H2,1H3. The molecule has 5 heteroatoms. The SMILES string of the molecule is CC(CO)NCC(O)c1cc(Cl)ccc1Cl. The third-order valence-electron chi connectivity index (χ3n) is 2.25. The van der Waals surface area contributed by atoms with E-state index in [1.54, 1.807) is 18.2 Å². The van der Waals surface area contributed by atoms with Gasteiger partial charge in [0.25, 0.3) is 0 Å². The average Bonchev–Trinajstić information content (AvgIpc) is 2.28. The molecule has 1 aromatic carbocycles. The quantitative estimate of drug-likeness (QED) is 0.762. The van der Waals surface area contributed by atoms with E-state index in [0.29, 0.717) is 22.2 Å². The van der Waals surface area contributed by atoms with Crippen molar-refractivity contribution in [2.24, 2.45) is 0 Å². The Hall–Kier alpha value is -0.320. The van der Waals surface area contributed by atoms with Crippen LogP contribution in [0.25, 0.3) is 0 Å². The zero-order valence-electron chi connectivity index (χ0n) is 8.95. The smallest absolute Gasteiger partial charge is 0.0929 e. The van der Waals surface area contributed by atoms with Crippen LogP contribution < -0.4 is 5.32 Å². The second-order valence-corrected chi connectivity index (χ2v) is 4.52. The van der Waals surface area contributed by atoms with Crippen molar-refractivity contribution in [3.63, 3.8) is 0 Å². The molecular weight excluding hydrogens is 249 g/mol. The summed E-state index contributed by atoms with van der Waals surface area (Å²) < 4.78 is 0. The van der Waals surface area contributed by atoms with Crippen molar-refractivity contribution in [3.8, 4) is 0 Å². The van der Waals surface area contributed by atoms with Crippen LogP contribution >= 0.6 is 23.2 Å². The first-order valence-electron chi connectivity index (χ1n) is 5.02. The molecule has 16 heavy (non-hydrogen) atoms. The van der Waals surface area contributed by atoms with Crippen molar-refractivity contribution in [1.29, 1.82) is 0 Å². The molecule has 2 unspecified atom stereocenters. The fourth-order valence-electron chi connectivity index (χ4n) is 1.26. The maximum atomic E-state index is 9.88. The summed E-state index contributed by atoms with van der Waals surface area (Å²) in [6.07, 6.45) is -0.736. The van der Waals surface area contributed by atoms with Crippen molar-refractivity contribution in [1.82, 2.24) is 5.32 Å². The van der Waals surface area contributed by atoms with Crippen LogP contribution in [0.5, 0.6) is 0 Å². The molecule has 3 N–H and O–H groups in total. The van der Waals surface area contributed by atoms with E-state index in [9.17, 15) is 5.11 Å². The molecule has 0 fully saturated rings. The highest BCUT2D eigenvalue weighted by Gasteiger charge is 2.12. The predicted molar refractivity (Wildman–Crippen MR) is 66.0 cm³/mol. The van der Waals surface area contributed by atoms with Crippen LogP contribution in [0.2, 0.25) is 10.0 Å². The number of halogens is 2. The highest BCUT2D eigenvalue weighted by molar-refractivity contribution is 6.33. The molecule has 0 amide bonds. The van der Waals surface area contributed by atoms with Gasteiger partial charge in [-0.2, -0.15) is 0 Å². The number of aliphatic hydroxyl groups is 2. The zero-order valence-corrected chi connectivity index (χ0v) is 10.5. The monoisotopic (exact) mass is 263 g/mol. The highest BCUT2D eigenvalue weighted by Crippen LogP contribution is 2.25. The second-order valence-electron chi connectivity index (χ2n) is 3.67. The summed E-state index contributed by atoms with van der Waals surface area (Å²) in [7, 11) is 0. The van der Waals surface area contributed by atoms with Gasteiger partial charge in [0.1, 0.15) is 0 Å². The summed E-state index contributed by atoms with van der Waals surface area (Å²) in [5.74, 6) is 0. The zero-order chi connectivity index (χ0) is 12.1. The first-order chi connectivity index (χ1) is 7.54. The van der Waals surface area contributed by atoms with Crippen molar-refractivity contribution >= 4 is 23.2 Å². The van der Waals surface area contributed by atoms with E-state index in [2.05, 4.69) is 5.32 Å². The summed E-state index contributed by atoms with van der Waals surface area (Å²) in [5, 5.41) is 22.7. The lowest BCUT2D eigenvalue weighted by atomic mass is 10.1. The molecule has 0 bridgehead atoms. The maximum Gasteiger partial charge on any atom is 0.0929 e. The normalized spacial score (nSPS) is 14.8. The van der Waals surface area contributed by atoms with Gasteiger partial charge in [-0.1, -0.05) is 23.2 Å². The Bertz CT molecular complexity index is 347. The molecule has 3 nitrogen and oxygen atoms in total. The molecule has 0 aromatic heterocycles. The summed E-state index contributed by atoms with van der Waals surface area (Å²) in [6, 6.07) is 4.90. The average molecular weight is 264 g/mol. The van der Waals surface area contributed by atoms with Crippen LogP contribution in [-0.4, -0.2) is 29.4 Å². The van der Waals surface area contributed by atoms with Gasteiger partial charge < -0.3 is 15.5 Å².